The molecule has 4 heteroatoms. The van der Waals surface area contributed by atoms with Crippen molar-refractivity contribution in [3.05, 3.63) is 75.9 Å². The van der Waals surface area contributed by atoms with Gasteiger partial charge < -0.3 is 4.74 Å². The van der Waals surface area contributed by atoms with Gasteiger partial charge in [-0.3, -0.25) is 4.98 Å². The molecule has 3 nitrogen and oxygen atoms in total. The summed E-state index contributed by atoms with van der Waals surface area (Å²) in [6.45, 7) is 2.15. The lowest BCUT2D eigenvalue weighted by Gasteiger charge is -2.09. The molecule has 3 rings (SSSR count). The summed E-state index contributed by atoms with van der Waals surface area (Å²) in [5, 5.41) is 0.927. The Bertz CT molecular complexity index is 862. The minimum atomic E-state index is -0.337. The highest BCUT2D eigenvalue weighted by molar-refractivity contribution is 9.10. The fourth-order valence-electron chi connectivity index (χ4n) is 2.65. The number of esters is 1. The van der Waals surface area contributed by atoms with Gasteiger partial charge in [-0.2, -0.15) is 0 Å². The van der Waals surface area contributed by atoms with Crippen molar-refractivity contribution in [2.45, 2.75) is 19.8 Å². The molecule has 0 N–H and O–H groups in total. The summed E-state index contributed by atoms with van der Waals surface area (Å²) in [5.74, 6) is -0.337. The molecule has 0 saturated heterocycles. The highest BCUT2D eigenvalue weighted by atomic mass is 79.9. The predicted molar refractivity (Wildman–Crippen MR) is 99.2 cm³/mol. The first-order valence-corrected chi connectivity index (χ1v) is 8.76. The van der Waals surface area contributed by atoms with E-state index < -0.39 is 0 Å². The lowest BCUT2D eigenvalue weighted by Crippen LogP contribution is -2.05. The second-order valence-corrected chi connectivity index (χ2v) is 6.33. The van der Waals surface area contributed by atoms with E-state index in [0.717, 1.165) is 28.2 Å². The number of fused-ring (bicyclic) bond motifs is 1. The van der Waals surface area contributed by atoms with Gasteiger partial charge in [0.2, 0.25) is 0 Å². The van der Waals surface area contributed by atoms with Gasteiger partial charge in [0.15, 0.2) is 0 Å². The van der Waals surface area contributed by atoms with Crippen molar-refractivity contribution in [3.8, 4) is 0 Å². The molecule has 0 bridgehead atoms. The standard InChI is InChI=1S/C20H18BrNO2/c1-2-24-20(23)17-12-16-11-10-15(18(21)19(16)22-13-17)9-8-14-6-4-3-5-7-14/h3-7,10-13H,2,8-9H2,1H3. The zero-order valence-electron chi connectivity index (χ0n) is 13.5. The quantitative estimate of drug-likeness (QED) is 0.584. The number of aromatic nitrogens is 1. The second kappa shape index (κ2) is 7.58. The van der Waals surface area contributed by atoms with Crippen molar-refractivity contribution in [1.29, 1.82) is 0 Å². The zero-order valence-corrected chi connectivity index (χ0v) is 15.0. The first-order valence-electron chi connectivity index (χ1n) is 7.97. The van der Waals surface area contributed by atoms with Gasteiger partial charge in [-0.1, -0.05) is 42.5 Å². The Hall–Kier alpha value is -2.20. The number of rotatable bonds is 5. The van der Waals surface area contributed by atoms with Crippen LogP contribution in [0.4, 0.5) is 0 Å². The Morgan fingerprint density at radius 1 is 1.12 bits per heavy atom. The van der Waals surface area contributed by atoms with Crippen molar-refractivity contribution in [3.63, 3.8) is 0 Å². The number of nitrogens with zero attached hydrogens (tertiary/aromatic N) is 1. The molecule has 0 amide bonds. The number of carbonyl (C=O) groups excluding carboxylic acids is 1. The van der Waals surface area contributed by atoms with Crippen LogP contribution >= 0.6 is 15.9 Å². The molecule has 3 aromatic rings. The molecule has 0 saturated carbocycles. The number of benzene rings is 2. The van der Waals surface area contributed by atoms with Crippen LogP contribution < -0.4 is 0 Å². The predicted octanol–water partition coefficient (Wildman–Crippen LogP) is 4.96. The lowest BCUT2D eigenvalue weighted by atomic mass is 10.0. The smallest absolute Gasteiger partial charge is 0.339 e. The first-order chi connectivity index (χ1) is 11.7. The average Bonchev–Trinajstić information content (AvgIpc) is 2.62. The van der Waals surface area contributed by atoms with Gasteiger partial charge in [-0.25, -0.2) is 4.79 Å². The molecule has 24 heavy (non-hydrogen) atoms. The fraction of sp³-hybridized carbons (Fsp3) is 0.200. The normalized spacial score (nSPS) is 10.8. The summed E-state index contributed by atoms with van der Waals surface area (Å²) < 4.78 is 6.02. The SMILES string of the molecule is CCOC(=O)c1cnc2c(Br)c(CCc3ccccc3)ccc2c1. The molecular formula is C20H18BrNO2. The third kappa shape index (κ3) is 3.65. The molecular weight excluding hydrogens is 366 g/mol. The maximum Gasteiger partial charge on any atom is 0.339 e. The van der Waals surface area contributed by atoms with Crippen LogP contribution in [0.1, 0.15) is 28.4 Å². The number of ether oxygens (including phenoxy) is 1. The second-order valence-electron chi connectivity index (χ2n) is 5.54. The number of halogens is 1. The third-order valence-corrected chi connectivity index (χ3v) is 4.79. The highest BCUT2D eigenvalue weighted by Crippen LogP contribution is 2.28. The molecule has 0 aliphatic rings. The minimum Gasteiger partial charge on any atom is -0.462 e. The van der Waals surface area contributed by atoms with E-state index in [4.69, 9.17) is 4.74 Å². The van der Waals surface area contributed by atoms with Crippen LogP contribution in [0.5, 0.6) is 0 Å². The van der Waals surface area contributed by atoms with Gasteiger partial charge in [0.05, 0.1) is 17.7 Å². The van der Waals surface area contributed by atoms with Crippen molar-refractivity contribution < 1.29 is 9.53 Å². The van der Waals surface area contributed by atoms with Crippen molar-refractivity contribution in [1.82, 2.24) is 4.98 Å². The van der Waals surface area contributed by atoms with Crippen LogP contribution in [-0.2, 0) is 17.6 Å². The van der Waals surface area contributed by atoms with Crippen molar-refractivity contribution >= 4 is 32.8 Å². The maximum absolute atomic E-state index is 11.8. The van der Waals surface area contributed by atoms with Gasteiger partial charge in [0.1, 0.15) is 0 Å². The molecule has 0 spiro atoms. The van der Waals surface area contributed by atoms with Crippen LogP contribution in [0.2, 0.25) is 0 Å². The number of carbonyl (C=O) groups is 1. The Morgan fingerprint density at radius 2 is 1.92 bits per heavy atom. The highest BCUT2D eigenvalue weighted by Gasteiger charge is 2.11. The molecule has 122 valence electrons. The fourth-order valence-corrected chi connectivity index (χ4v) is 3.31. The molecule has 2 aromatic carbocycles. The maximum atomic E-state index is 11.8. The largest absolute Gasteiger partial charge is 0.462 e. The van der Waals surface area contributed by atoms with E-state index in [2.05, 4.69) is 51.2 Å². The van der Waals surface area contributed by atoms with Crippen LogP contribution in [0, 0.1) is 0 Å². The topological polar surface area (TPSA) is 39.2 Å². The van der Waals surface area contributed by atoms with Gasteiger partial charge in [-0.05, 0) is 52.9 Å². The molecule has 0 unspecified atom stereocenters. The van der Waals surface area contributed by atoms with Gasteiger partial charge in [0, 0.05) is 16.1 Å². The molecule has 0 aliphatic carbocycles. The van der Waals surface area contributed by atoms with Crippen LogP contribution in [-0.4, -0.2) is 17.6 Å². The third-order valence-electron chi connectivity index (χ3n) is 3.91. The van der Waals surface area contributed by atoms with Crippen LogP contribution in [0.3, 0.4) is 0 Å². The Balaban J connectivity index is 1.85. The van der Waals surface area contributed by atoms with E-state index in [1.807, 2.05) is 18.2 Å². The Morgan fingerprint density at radius 3 is 2.67 bits per heavy atom. The van der Waals surface area contributed by atoms with E-state index in [1.54, 1.807) is 13.1 Å². The van der Waals surface area contributed by atoms with Gasteiger partial charge >= 0.3 is 5.97 Å². The Kier molecular flexibility index (Phi) is 5.26. The van der Waals surface area contributed by atoms with E-state index in [-0.39, 0.29) is 5.97 Å². The van der Waals surface area contributed by atoms with E-state index in [9.17, 15) is 4.79 Å². The summed E-state index contributed by atoms with van der Waals surface area (Å²) in [4.78, 5) is 16.3. The Labute approximate surface area is 149 Å². The number of aryl methyl sites for hydroxylation is 2. The molecule has 0 atom stereocenters. The van der Waals surface area contributed by atoms with Crippen LogP contribution in [0.15, 0.2) is 59.2 Å². The minimum absolute atomic E-state index is 0.337. The first kappa shape index (κ1) is 16.7. The molecule has 0 fully saturated rings. The number of hydrogen-bond donors (Lipinski definition) is 0. The summed E-state index contributed by atoms with van der Waals surface area (Å²) in [6.07, 6.45) is 3.49. The monoisotopic (exact) mass is 383 g/mol. The summed E-state index contributed by atoms with van der Waals surface area (Å²) in [6, 6.07) is 16.3. The summed E-state index contributed by atoms with van der Waals surface area (Å²) in [5.41, 5.74) is 3.87. The molecule has 1 heterocycles. The van der Waals surface area contributed by atoms with Crippen molar-refractivity contribution in [2.24, 2.45) is 0 Å². The summed E-state index contributed by atoms with van der Waals surface area (Å²) >= 11 is 3.67. The molecule has 1 aromatic heterocycles. The van der Waals surface area contributed by atoms with E-state index in [0.29, 0.717) is 12.2 Å². The van der Waals surface area contributed by atoms with Crippen molar-refractivity contribution in [2.75, 3.05) is 6.61 Å². The lowest BCUT2D eigenvalue weighted by molar-refractivity contribution is 0.0526. The molecule has 0 aliphatic heterocycles. The van der Waals surface area contributed by atoms with E-state index >= 15 is 0 Å². The van der Waals surface area contributed by atoms with E-state index in [1.165, 1.54) is 11.1 Å². The van der Waals surface area contributed by atoms with Gasteiger partial charge in [0.25, 0.3) is 0 Å². The number of hydrogen-bond acceptors (Lipinski definition) is 3. The average molecular weight is 384 g/mol. The number of pyridine rings is 1. The summed E-state index contributed by atoms with van der Waals surface area (Å²) in [7, 11) is 0. The molecule has 0 radical (unpaired) electrons. The van der Waals surface area contributed by atoms with Crippen LogP contribution in [0.25, 0.3) is 10.9 Å². The van der Waals surface area contributed by atoms with Gasteiger partial charge in [-0.15, -0.1) is 0 Å². The zero-order chi connectivity index (χ0) is 16.9.